The monoisotopic (exact) mass is 392 g/mol. The van der Waals surface area contributed by atoms with E-state index in [0.29, 0.717) is 22.7 Å². The van der Waals surface area contributed by atoms with E-state index in [2.05, 4.69) is 11.2 Å². The predicted octanol–water partition coefficient (Wildman–Crippen LogP) is 2.54. The van der Waals surface area contributed by atoms with Crippen molar-refractivity contribution in [3.63, 3.8) is 0 Å². The van der Waals surface area contributed by atoms with Gasteiger partial charge >= 0.3 is 0 Å². The second kappa shape index (κ2) is 8.37. The number of anilines is 1. The first-order valence-electron chi connectivity index (χ1n) is 8.26. The van der Waals surface area contributed by atoms with Gasteiger partial charge in [-0.2, -0.15) is 0 Å². The molecule has 1 aliphatic rings. The minimum atomic E-state index is -0.583. The summed E-state index contributed by atoms with van der Waals surface area (Å²) in [5.74, 6) is 2.22. The number of terminal acetylenes is 1. The molecule has 1 saturated heterocycles. The number of ether oxygens (including phenoxy) is 2. The number of nitrogens with zero attached hydrogens (tertiary/aromatic N) is 1. The van der Waals surface area contributed by atoms with Crippen molar-refractivity contribution in [1.82, 2.24) is 5.32 Å². The van der Waals surface area contributed by atoms with Crippen LogP contribution in [0.3, 0.4) is 0 Å². The average molecular weight is 392 g/mol. The molecule has 0 radical (unpaired) electrons. The number of methoxy groups -OCH3 is 1. The van der Waals surface area contributed by atoms with E-state index in [1.54, 1.807) is 42.5 Å². The van der Waals surface area contributed by atoms with Crippen molar-refractivity contribution in [2.45, 2.75) is 0 Å². The highest BCUT2D eigenvalue weighted by atomic mass is 32.1. The second-order valence-corrected chi connectivity index (χ2v) is 6.08. The summed E-state index contributed by atoms with van der Waals surface area (Å²) in [5, 5.41) is 2.57. The van der Waals surface area contributed by atoms with Crippen molar-refractivity contribution in [1.29, 1.82) is 0 Å². The number of hydrogen-bond acceptors (Lipinski definition) is 5. The van der Waals surface area contributed by atoms with E-state index in [1.165, 1.54) is 18.1 Å². The third-order valence-electron chi connectivity index (χ3n) is 3.95. The molecule has 0 saturated carbocycles. The Labute approximate surface area is 167 Å². The van der Waals surface area contributed by atoms with Crippen LogP contribution in [0.5, 0.6) is 11.5 Å². The highest BCUT2D eigenvalue weighted by Crippen LogP contribution is 2.28. The summed E-state index contributed by atoms with van der Waals surface area (Å²) in [5.41, 5.74) is 0.991. The van der Waals surface area contributed by atoms with Crippen molar-refractivity contribution < 1.29 is 19.1 Å². The fourth-order valence-corrected chi connectivity index (χ4v) is 2.91. The highest BCUT2D eigenvalue weighted by Gasteiger charge is 2.34. The molecule has 0 aliphatic carbocycles. The Hall–Kier alpha value is -3.63. The molecule has 1 fully saturated rings. The Kier molecular flexibility index (Phi) is 5.72. The largest absolute Gasteiger partial charge is 0.497 e. The molecule has 28 heavy (non-hydrogen) atoms. The lowest BCUT2D eigenvalue weighted by atomic mass is 10.1. The zero-order chi connectivity index (χ0) is 20.1. The van der Waals surface area contributed by atoms with Crippen molar-refractivity contribution in [3.05, 3.63) is 59.7 Å². The lowest BCUT2D eigenvalue weighted by Crippen LogP contribution is -2.54. The summed E-state index contributed by atoms with van der Waals surface area (Å²) in [7, 11) is 1.52. The molecule has 0 spiro atoms. The van der Waals surface area contributed by atoms with E-state index >= 15 is 0 Å². The quantitative estimate of drug-likeness (QED) is 0.367. The van der Waals surface area contributed by atoms with Gasteiger partial charge in [-0.15, -0.1) is 6.42 Å². The molecule has 1 heterocycles. The first-order chi connectivity index (χ1) is 13.5. The molecule has 0 bridgehead atoms. The SMILES string of the molecule is C#CCOc1cc(OC)ccc1/C=C1/C(=O)NC(=S)N(c2ccccc2)C1=O. The number of benzene rings is 2. The number of amides is 2. The molecule has 6 nitrogen and oxygen atoms in total. The van der Waals surface area contributed by atoms with Crippen LogP contribution in [0, 0.1) is 12.3 Å². The van der Waals surface area contributed by atoms with Gasteiger partial charge in [0.15, 0.2) is 5.11 Å². The van der Waals surface area contributed by atoms with Gasteiger partial charge in [0.1, 0.15) is 23.7 Å². The van der Waals surface area contributed by atoms with Gasteiger partial charge in [-0.3, -0.25) is 19.8 Å². The molecular formula is C21H16N2O4S. The van der Waals surface area contributed by atoms with E-state index in [-0.39, 0.29) is 17.3 Å². The van der Waals surface area contributed by atoms with Gasteiger partial charge < -0.3 is 9.47 Å². The smallest absolute Gasteiger partial charge is 0.270 e. The maximum Gasteiger partial charge on any atom is 0.270 e. The summed E-state index contributed by atoms with van der Waals surface area (Å²) in [6.07, 6.45) is 6.71. The molecule has 2 amide bonds. The Bertz CT molecular complexity index is 1010. The van der Waals surface area contributed by atoms with Gasteiger partial charge in [0.05, 0.1) is 12.8 Å². The summed E-state index contributed by atoms with van der Waals surface area (Å²) in [6, 6.07) is 13.8. The Morgan fingerprint density at radius 3 is 2.64 bits per heavy atom. The highest BCUT2D eigenvalue weighted by molar-refractivity contribution is 7.80. The molecule has 3 rings (SSSR count). The Morgan fingerprint density at radius 2 is 1.96 bits per heavy atom. The first kappa shape index (κ1) is 19.1. The van der Waals surface area contributed by atoms with E-state index in [0.717, 1.165) is 0 Å². The fraction of sp³-hybridized carbons (Fsp3) is 0.0952. The Balaban J connectivity index is 2.03. The van der Waals surface area contributed by atoms with Crippen LogP contribution in [0.25, 0.3) is 6.08 Å². The number of thiocarbonyl (C=S) groups is 1. The molecule has 0 unspecified atom stereocenters. The van der Waals surface area contributed by atoms with Crippen molar-refractivity contribution in [2.75, 3.05) is 18.6 Å². The van der Waals surface area contributed by atoms with Gasteiger partial charge in [0.25, 0.3) is 11.8 Å². The van der Waals surface area contributed by atoms with E-state index in [4.69, 9.17) is 28.1 Å². The maximum atomic E-state index is 13.0. The molecule has 0 aromatic heterocycles. The van der Waals surface area contributed by atoms with Gasteiger partial charge in [-0.25, -0.2) is 0 Å². The number of carbonyl (C=O) groups is 2. The second-order valence-electron chi connectivity index (χ2n) is 5.69. The van der Waals surface area contributed by atoms with Crippen LogP contribution < -0.4 is 19.7 Å². The van der Waals surface area contributed by atoms with Crippen molar-refractivity contribution in [3.8, 4) is 23.8 Å². The summed E-state index contributed by atoms with van der Waals surface area (Å²) < 4.78 is 10.7. The minimum absolute atomic E-state index is 0.0249. The zero-order valence-electron chi connectivity index (χ0n) is 15.0. The van der Waals surface area contributed by atoms with Crippen LogP contribution >= 0.6 is 12.2 Å². The molecule has 140 valence electrons. The van der Waals surface area contributed by atoms with Crippen LogP contribution in [-0.2, 0) is 9.59 Å². The molecule has 0 atom stereocenters. The van der Waals surface area contributed by atoms with Crippen LogP contribution in [0.2, 0.25) is 0 Å². The number of para-hydroxylation sites is 1. The standard InChI is InChI=1S/C21H16N2O4S/c1-3-11-27-18-13-16(26-2)10-9-14(18)12-17-19(24)22-21(28)23(20(17)25)15-7-5-4-6-8-15/h1,4-10,12-13H,11H2,2H3,(H,22,24,28)/b17-12-. The maximum absolute atomic E-state index is 13.0. The summed E-state index contributed by atoms with van der Waals surface area (Å²) >= 11 is 5.18. The molecule has 2 aromatic rings. The van der Waals surface area contributed by atoms with E-state index < -0.39 is 11.8 Å². The third-order valence-corrected chi connectivity index (χ3v) is 4.23. The minimum Gasteiger partial charge on any atom is -0.497 e. The summed E-state index contributed by atoms with van der Waals surface area (Å²) in [6.45, 7) is 0.0315. The molecule has 7 heteroatoms. The van der Waals surface area contributed by atoms with Gasteiger partial charge in [0.2, 0.25) is 0 Å². The van der Waals surface area contributed by atoms with E-state index in [9.17, 15) is 9.59 Å². The molecule has 1 N–H and O–H groups in total. The lowest BCUT2D eigenvalue weighted by molar-refractivity contribution is -0.122. The number of carbonyl (C=O) groups excluding carboxylic acids is 2. The van der Waals surface area contributed by atoms with Crippen LogP contribution in [0.4, 0.5) is 5.69 Å². The first-order valence-corrected chi connectivity index (χ1v) is 8.66. The lowest BCUT2D eigenvalue weighted by Gasteiger charge is -2.29. The van der Waals surface area contributed by atoms with Gasteiger partial charge in [-0.05, 0) is 42.6 Å². The topological polar surface area (TPSA) is 67.9 Å². The van der Waals surface area contributed by atoms with Crippen LogP contribution in [-0.4, -0.2) is 30.6 Å². The van der Waals surface area contributed by atoms with Crippen LogP contribution in [0.15, 0.2) is 54.1 Å². The third kappa shape index (κ3) is 3.87. The molecule has 1 aliphatic heterocycles. The number of nitrogens with one attached hydrogen (secondary N) is 1. The number of hydrogen-bond donors (Lipinski definition) is 1. The normalized spacial score (nSPS) is 15.2. The van der Waals surface area contributed by atoms with E-state index in [1.807, 2.05) is 6.07 Å². The fourth-order valence-electron chi connectivity index (χ4n) is 2.63. The van der Waals surface area contributed by atoms with Gasteiger partial charge in [-0.1, -0.05) is 24.1 Å². The van der Waals surface area contributed by atoms with Gasteiger partial charge in [0, 0.05) is 11.6 Å². The number of rotatable bonds is 5. The Morgan fingerprint density at radius 1 is 1.21 bits per heavy atom. The molecular weight excluding hydrogens is 376 g/mol. The van der Waals surface area contributed by atoms with Crippen LogP contribution in [0.1, 0.15) is 5.56 Å². The zero-order valence-corrected chi connectivity index (χ0v) is 15.8. The van der Waals surface area contributed by atoms with Crippen molar-refractivity contribution >= 4 is 40.9 Å². The average Bonchev–Trinajstić information content (AvgIpc) is 2.70. The molecule has 2 aromatic carbocycles. The summed E-state index contributed by atoms with van der Waals surface area (Å²) in [4.78, 5) is 26.7. The van der Waals surface area contributed by atoms with Crippen molar-refractivity contribution in [2.24, 2.45) is 0 Å². The predicted molar refractivity (Wildman–Crippen MR) is 110 cm³/mol.